The number of nitrogens with zero attached hydrogens (tertiary/aromatic N) is 4. The van der Waals surface area contributed by atoms with Crippen molar-refractivity contribution in [3.63, 3.8) is 0 Å². The Hall–Kier alpha value is -4.87. The minimum Gasteiger partial charge on any atom is -0.478 e. The van der Waals surface area contributed by atoms with Gasteiger partial charge in [-0.2, -0.15) is 4.39 Å². The fourth-order valence-corrected chi connectivity index (χ4v) is 3.82. The number of aromatic nitrogens is 2. The van der Waals surface area contributed by atoms with Gasteiger partial charge in [0, 0.05) is 53.6 Å². The molecule has 2 N–H and O–H groups in total. The zero-order chi connectivity index (χ0) is 28.2. The molecule has 1 aliphatic rings. The number of carboxylic acids is 1. The molecule has 4 aromatic rings. The van der Waals surface area contributed by atoms with Gasteiger partial charge in [-0.1, -0.05) is 18.2 Å². The van der Waals surface area contributed by atoms with Gasteiger partial charge in [-0.3, -0.25) is 4.79 Å². The summed E-state index contributed by atoms with van der Waals surface area (Å²) in [5, 5.41) is 12.0. The van der Waals surface area contributed by atoms with Gasteiger partial charge in [0.05, 0.1) is 17.4 Å². The highest BCUT2D eigenvalue weighted by molar-refractivity contribution is 5.88. The van der Waals surface area contributed by atoms with Crippen molar-refractivity contribution in [3.05, 3.63) is 90.2 Å². The zero-order valence-corrected chi connectivity index (χ0v) is 20.9. The molecule has 0 radical (unpaired) electrons. The number of halogens is 3. The molecular formula is C27H26F3N5O4. The van der Waals surface area contributed by atoms with Crippen LogP contribution < -0.4 is 15.1 Å². The fraction of sp³-hybridized carbons (Fsp3) is 0.185. The molecule has 0 unspecified atom stereocenters. The van der Waals surface area contributed by atoms with Crippen molar-refractivity contribution in [3.8, 4) is 11.5 Å². The van der Waals surface area contributed by atoms with Crippen molar-refractivity contribution in [2.24, 2.45) is 0 Å². The smallest absolute Gasteiger partial charge is 0.335 e. The maximum atomic E-state index is 12.8. The maximum Gasteiger partial charge on any atom is 0.335 e. The van der Waals surface area contributed by atoms with E-state index in [9.17, 15) is 14.0 Å². The molecular weight excluding hydrogens is 515 g/mol. The van der Waals surface area contributed by atoms with E-state index in [4.69, 9.17) is 14.3 Å². The summed E-state index contributed by atoms with van der Waals surface area (Å²) in [6, 6.07) is 19.0. The van der Waals surface area contributed by atoms with Crippen molar-refractivity contribution in [2.75, 3.05) is 48.3 Å². The van der Waals surface area contributed by atoms with Gasteiger partial charge in [-0.05, 0) is 48.5 Å². The number of carboxylic acid groups (broad SMARTS) is 1. The number of nitrogens with one attached hydrogen (secondary N) is 1. The lowest BCUT2D eigenvalue weighted by molar-refractivity contribution is 0.0696. The standard InChI is InChI=1S/C17H20N4O2.C10H6FNO2.F2/c1-18-14-4-7-16(19-12-14)21-10-8-20(9-11-21)15-5-2-13(3-6-15)17(22)23;11-9-8(6-13)12-10(14-9)7-4-2-1-3-5-7;1-2/h2-7,12,18H,8-11H2,1H3,(H,22,23);1-6H;. The first-order chi connectivity index (χ1) is 19.0. The van der Waals surface area contributed by atoms with Crippen LogP contribution in [-0.4, -0.2) is 60.6 Å². The molecule has 0 atom stereocenters. The number of hydrogen-bond donors (Lipinski definition) is 2. The summed E-state index contributed by atoms with van der Waals surface area (Å²) < 4.78 is 33.5. The van der Waals surface area contributed by atoms with Crippen molar-refractivity contribution < 1.29 is 32.7 Å². The first kappa shape index (κ1) is 28.7. The Morgan fingerprint density at radius 1 is 0.974 bits per heavy atom. The van der Waals surface area contributed by atoms with Crippen molar-refractivity contribution in [2.45, 2.75) is 0 Å². The average Bonchev–Trinajstić information content (AvgIpc) is 3.39. The Balaban J connectivity index is 0.000000224. The summed E-state index contributed by atoms with van der Waals surface area (Å²) in [5.74, 6) is 0.215. The third kappa shape index (κ3) is 7.57. The van der Waals surface area contributed by atoms with E-state index in [1.165, 1.54) is 0 Å². The van der Waals surface area contributed by atoms with Gasteiger partial charge < -0.3 is 24.6 Å². The molecule has 0 amide bonds. The molecule has 12 heteroatoms. The SMILES string of the molecule is CNc1ccc(N2CCN(c3ccc(C(=O)O)cc3)CC2)nc1.FF.O=Cc1nc(-c2ccccc2)oc1F. The van der Waals surface area contributed by atoms with E-state index in [1.54, 1.807) is 36.4 Å². The van der Waals surface area contributed by atoms with Crippen molar-refractivity contribution in [1.29, 1.82) is 0 Å². The highest BCUT2D eigenvalue weighted by Crippen LogP contribution is 2.21. The lowest BCUT2D eigenvalue weighted by atomic mass is 10.2. The van der Waals surface area contributed by atoms with Crippen LogP contribution in [0.25, 0.3) is 11.5 Å². The average molecular weight is 542 g/mol. The molecule has 1 fully saturated rings. The topological polar surface area (TPSA) is 112 Å². The van der Waals surface area contributed by atoms with Gasteiger partial charge in [0.15, 0.2) is 12.0 Å². The van der Waals surface area contributed by atoms with Crippen molar-refractivity contribution in [1.82, 2.24) is 9.97 Å². The van der Waals surface area contributed by atoms with E-state index in [-0.39, 0.29) is 11.6 Å². The van der Waals surface area contributed by atoms with Gasteiger partial charge in [0.25, 0.3) is 0 Å². The van der Waals surface area contributed by atoms with Crippen LogP contribution in [0.4, 0.5) is 30.7 Å². The largest absolute Gasteiger partial charge is 0.478 e. The molecule has 9 nitrogen and oxygen atoms in total. The number of anilines is 3. The highest BCUT2D eigenvalue weighted by Gasteiger charge is 2.18. The lowest BCUT2D eigenvalue weighted by Gasteiger charge is -2.36. The number of carbonyl (C=O) groups excluding carboxylic acids is 1. The van der Waals surface area contributed by atoms with Crippen LogP contribution in [0.5, 0.6) is 0 Å². The number of aromatic carboxylic acids is 1. The van der Waals surface area contributed by atoms with Crippen LogP contribution in [0.1, 0.15) is 20.8 Å². The number of aldehydes is 1. The van der Waals surface area contributed by atoms with Crippen LogP contribution in [0, 0.1) is 6.01 Å². The third-order valence-corrected chi connectivity index (χ3v) is 5.86. The molecule has 0 spiro atoms. The molecule has 204 valence electrons. The normalized spacial score (nSPS) is 12.4. The number of oxazole rings is 1. The molecule has 0 aliphatic carbocycles. The molecule has 1 aliphatic heterocycles. The minimum absolute atomic E-state index is 0.116. The van der Waals surface area contributed by atoms with Crippen LogP contribution in [-0.2, 0) is 0 Å². The van der Waals surface area contributed by atoms with E-state index in [1.807, 2.05) is 43.6 Å². The molecule has 1 saturated heterocycles. The molecule has 5 rings (SSSR count). The molecule has 2 aromatic heterocycles. The molecule has 0 saturated carbocycles. The minimum atomic E-state index is -0.946. The van der Waals surface area contributed by atoms with Gasteiger partial charge >= 0.3 is 12.0 Å². The fourth-order valence-electron chi connectivity index (χ4n) is 3.82. The second-order valence-electron chi connectivity index (χ2n) is 8.14. The zero-order valence-electron chi connectivity index (χ0n) is 20.9. The number of piperazine rings is 1. The molecule has 3 heterocycles. The highest BCUT2D eigenvalue weighted by atomic mass is 20.0. The summed E-state index contributed by atoms with van der Waals surface area (Å²) in [6.07, 6.45) is 2.16. The summed E-state index contributed by atoms with van der Waals surface area (Å²) in [7, 11) is 1.88. The number of pyridine rings is 1. The Kier molecular flexibility index (Phi) is 10.4. The van der Waals surface area contributed by atoms with E-state index >= 15 is 0 Å². The lowest BCUT2D eigenvalue weighted by Crippen LogP contribution is -2.46. The predicted molar refractivity (Wildman–Crippen MR) is 141 cm³/mol. The molecule has 39 heavy (non-hydrogen) atoms. The summed E-state index contributed by atoms with van der Waals surface area (Å²) in [4.78, 5) is 33.9. The molecule has 0 bridgehead atoms. The van der Waals surface area contributed by atoms with Crippen LogP contribution in [0.2, 0.25) is 0 Å². The Morgan fingerprint density at radius 3 is 2.13 bits per heavy atom. The number of rotatable bonds is 6. The van der Waals surface area contributed by atoms with E-state index in [2.05, 4.69) is 29.5 Å². The third-order valence-electron chi connectivity index (χ3n) is 5.86. The predicted octanol–water partition coefficient (Wildman–Crippen LogP) is 5.28. The Bertz CT molecular complexity index is 1330. The second kappa shape index (κ2) is 14.2. The van der Waals surface area contributed by atoms with E-state index in [0.29, 0.717) is 17.4 Å². The number of hydrogen-bond acceptors (Lipinski definition) is 8. The maximum absolute atomic E-state index is 12.8. The number of benzene rings is 2. The Labute approximate surface area is 222 Å². The van der Waals surface area contributed by atoms with Crippen molar-refractivity contribution >= 4 is 29.4 Å². The second-order valence-corrected chi connectivity index (χ2v) is 8.14. The first-order valence-corrected chi connectivity index (χ1v) is 11.8. The first-order valence-electron chi connectivity index (χ1n) is 11.8. The van der Waals surface area contributed by atoms with E-state index < -0.39 is 12.0 Å². The summed E-state index contributed by atoms with van der Waals surface area (Å²) in [5.41, 5.74) is 2.73. The number of carbonyl (C=O) groups is 2. The summed E-state index contributed by atoms with van der Waals surface area (Å²) in [6.45, 7) is 3.57. The van der Waals surface area contributed by atoms with Crippen LogP contribution in [0.3, 0.4) is 0 Å². The van der Waals surface area contributed by atoms with Gasteiger partial charge in [0.1, 0.15) is 5.82 Å². The quantitative estimate of drug-likeness (QED) is 0.315. The summed E-state index contributed by atoms with van der Waals surface area (Å²) >= 11 is 0. The Morgan fingerprint density at radius 2 is 1.62 bits per heavy atom. The van der Waals surface area contributed by atoms with Gasteiger partial charge in [0.2, 0.25) is 5.89 Å². The van der Waals surface area contributed by atoms with Crippen LogP contribution >= 0.6 is 0 Å². The van der Waals surface area contributed by atoms with Crippen LogP contribution in [0.15, 0.2) is 77.3 Å². The molecule has 2 aromatic carbocycles. The van der Waals surface area contributed by atoms with Gasteiger partial charge in [-0.15, -0.1) is 0 Å². The monoisotopic (exact) mass is 541 g/mol. The van der Waals surface area contributed by atoms with Gasteiger partial charge in [-0.25, -0.2) is 14.8 Å². The van der Waals surface area contributed by atoms with E-state index in [0.717, 1.165) is 43.4 Å².